The van der Waals surface area contributed by atoms with E-state index in [0.29, 0.717) is 0 Å². The summed E-state index contributed by atoms with van der Waals surface area (Å²) in [5.74, 6) is 0. The highest BCUT2D eigenvalue weighted by Crippen LogP contribution is 2.01. The van der Waals surface area contributed by atoms with Gasteiger partial charge in [-0.05, 0) is 7.05 Å². The molecule has 0 bridgehead atoms. The van der Waals surface area contributed by atoms with Gasteiger partial charge in [0, 0.05) is 13.1 Å². The van der Waals surface area contributed by atoms with Crippen molar-refractivity contribution >= 4 is 5.71 Å². The summed E-state index contributed by atoms with van der Waals surface area (Å²) in [6, 6.07) is 0. The molecule has 3 nitrogen and oxygen atoms in total. The minimum atomic E-state index is 0.924. The second-order valence-electron chi connectivity index (χ2n) is 2.47. The van der Waals surface area contributed by atoms with Crippen LogP contribution in [0.3, 0.4) is 0 Å². The van der Waals surface area contributed by atoms with Gasteiger partial charge in [0.1, 0.15) is 0 Å². The number of hydrogen-bond donors (Lipinski definition) is 0. The van der Waals surface area contributed by atoms with Crippen LogP contribution in [0.25, 0.3) is 5.53 Å². The molecule has 0 spiro atoms. The number of rotatable bonds is 0. The first-order valence-corrected chi connectivity index (χ1v) is 3.21. The van der Waals surface area contributed by atoms with Gasteiger partial charge < -0.3 is 10.4 Å². The molecule has 0 amide bonds. The van der Waals surface area contributed by atoms with Crippen molar-refractivity contribution in [2.24, 2.45) is 0 Å². The van der Waals surface area contributed by atoms with Crippen LogP contribution in [0, 0.1) is 0 Å². The van der Waals surface area contributed by atoms with E-state index in [1.54, 1.807) is 0 Å². The molecule has 0 atom stereocenters. The fourth-order valence-corrected chi connectivity index (χ4v) is 0.977. The van der Waals surface area contributed by atoms with E-state index in [1.165, 1.54) is 0 Å². The summed E-state index contributed by atoms with van der Waals surface area (Å²) < 4.78 is 0. The molecule has 9 heavy (non-hydrogen) atoms. The van der Waals surface area contributed by atoms with Crippen LogP contribution in [0.15, 0.2) is 0 Å². The van der Waals surface area contributed by atoms with Crippen molar-refractivity contribution < 1.29 is 4.79 Å². The van der Waals surface area contributed by atoms with Crippen molar-refractivity contribution in [2.75, 3.05) is 20.1 Å². The molecule has 1 heterocycles. The molecule has 0 N–H and O–H groups in total. The van der Waals surface area contributed by atoms with E-state index in [-0.39, 0.29) is 0 Å². The van der Waals surface area contributed by atoms with Gasteiger partial charge >= 0.3 is 0 Å². The van der Waals surface area contributed by atoms with Crippen LogP contribution in [-0.2, 0) is 0 Å². The molecule has 1 saturated heterocycles. The summed E-state index contributed by atoms with van der Waals surface area (Å²) in [6.07, 6.45) is 1.85. The van der Waals surface area contributed by atoms with Crippen molar-refractivity contribution in [1.29, 1.82) is 0 Å². The second-order valence-corrected chi connectivity index (χ2v) is 2.47. The molecule has 3 heteroatoms. The molecule has 0 aromatic rings. The second kappa shape index (κ2) is 2.76. The largest absolute Gasteiger partial charge is 0.362 e. The first kappa shape index (κ1) is 6.46. The summed E-state index contributed by atoms with van der Waals surface area (Å²) in [5.41, 5.74) is 9.28. The van der Waals surface area contributed by atoms with Gasteiger partial charge in [-0.1, -0.05) is 0 Å². The van der Waals surface area contributed by atoms with E-state index >= 15 is 0 Å². The monoisotopic (exact) mass is 125 g/mol. The zero-order valence-corrected chi connectivity index (χ0v) is 5.67. The lowest BCUT2D eigenvalue weighted by molar-refractivity contribution is -0.0150. The molecule has 0 aromatic heterocycles. The Kier molecular flexibility index (Phi) is 1.98. The lowest BCUT2D eigenvalue weighted by Gasteiger charge is -2.18. The van der Waals surface area contributed by atoms with Crippen LogP contribution in [0.2, 0.25) is 0 Å². The van der Waals surface area contributed by atoms with Crippen molar-refractivity contribution in [3.8, 4) is 0 Å². The summed E-state index contributed by atoms with van der Waals surface area (Å²) in [6.45, 7) is 2.05. The number of piperidine rings is 1. The molecular formula is C6H11N3. The fraction of sp³-hybridized carbons (Fsp3) is 0.833. The highest BCUT2D eigenvalue weighted by Gasteiger charge is 2.16. The topological polar surface area (TPSA) is 39.6 Å². The molecule has 0 aromatic carbocycles. The van der Waals surface area contributed by atoms with Gasteiger partial charge in [0.05, 0.1) is 12.8 Å². The quantitative estimate of drug-likeness (QED) is 0.341. The average molecular weight is 125 g/mol. The van der Waals surface area contributed by atoms with Crippen molar-refractivity contribution in [2.45, 2.75) is 12.8 Å². The van der Waals surface area contributed by atoms with Gasteiger partial charge in [-0.15, -0.1) is 0 Å². The minimum Gasteiger partial charge on any atom is -0.362 e. The molecule has 1 rings (SSSR count). The summed E-state index contributed by atoms with van der Waals surface area (Å²) in [5, 5.41) is 0. The van der Waals surface area contributed by atoms with E-state index in [0.717, 1.165) is 31.6 Å². The SMILES string of the molecule is CN1CCC(=[N+]=[N-])CC1. The summed E-state index contributed by atoms with van der Waals surface area (Å²) in [4.78, 5) is 5.40. The molecule has 0 saturated carbocycles. The van der Waals surface area contributed by atoms with E-state index in [1.807, 2.05) is 0 Å². The number of likely N-dealkylation sites (tertiary alicyclic amines) is 1. The molecule has 1 aliphatic heterocycles. The van der Waals surface area contributed by atoms with Gasteiger partial charge in [0.2, 0.25) is 0 Å². The molecule has 1 fully saturated rings. The lowest BCUT2D eigenvalue weighted by atomic mass is 10.1. The molecular weight excluding hydrogens is 114 g/mol. The van der Waals surface area contributed by atoms with Gasteiger partial charge in [-0.3, -0.25) is 0 Å². The predicted octanol–water partition coefficient (Wildman–Crippen LogP) is 0.383. The van der Waals surface area contributed by atoms with E-state index in [2.05, 4.69) is 16.7 Å². The fourth-order valence-electron chi connectivity index (χ4n) is 0.977. The third-order valence-corrected chi connectivity index (χ3v) is 1.71. The average Bonchev–Trinajstić information content (AvgIpc) is 1.90. The van der Waals surface area contributed by atoms with Gasteiger partial charge in [0.25, 0.3) is 5.71 Å². The summed E-state index contributed by atoms with van der Waals surface area (Å²) in [7, 11) is 2.08. The number of nitrogens with zero attached hydrogens (tertiary/aromatic N) is 3. The van der Waals surface area contributed by atoms with Crippen molar-refractivity contribution in [3.05, 3.63) is 5.53 Å². The zero-order chi connectivity index (χ0) is 6.69. The zero-order valence-electron chi connectivity index (χ0n) is 5.67. The van der Waals surface area contributed by atoms with Crippen LogP contribution in [0.5, 0.6) is 0 Å². The predicted molar refractivity (Wildman–Crippen MR) is 35.4 cm³/mol. The molecule has 0 radical (unpaired) electrons. The Hall–Kier alpha value is -0.660. The normalized spacial score (nSPS) is 21.7. The van der Waals surface area contributed by atoms with Gasteiger partial charge in [-0.25, -0.2) is 0 Å². The Morgan fingerprint density at radius 3 is 2.44 bits per heavy atom. The van der Waals surface area contributed by atoms with E-state index in [9.17, 15) is 0 Å². The Morgan fingerprint density at radius 1 is 1.44 bits per heavy atom. The highest BCUT2D eigenvalue weighted by atomic mass is 15.1. The maximum atomic E-state index is 8.35. The first-order chi connectivity index (χ1) is 4.33. The van der Waals surface area contributed by atoms with Gasteiger partial charge in [0.15, 0.2) is 0 Å². The first-order valence-electron chi connectivity index (χ1n) is 3.21. The molecule has 1 aliphatic rings. The van der Waals surface area contributed by atoms with Crippen molar-refractivity contribution in [1.82, 2.24) is 4.90 Å². The van der Waals surface area contributed by atoms with Crippen LogP contribution in [0.1, 0.15) is 12.8 Å². The molecule has 50 valence electrons. The minimum absolute atomic E-state index is 0.924. The van der Waals surface area contributed by atoms with Crippen LogP contribution >= 0.6 is 0 Å². The molecule has 0 aliphatic carbocycles. The van der Waals surface area contributed by atoms with Crippen LogP contribution < -0.4 is 0 Å². The Morgan fingerprint density at radius 2 is 2.00 bits per heavy atom. The van der Waals surface area contributed by atoms with Gasteiger partial charge in [-0.2, -0.15) is 4.79 Å². The molecule has 0 unspecified atom stereocenters. The van der Waals surface area contributed by atoms with E-state index < -0.39 is 0 Å². The Balaban J connectivity index is 2.44. The lowest BCUT2D eigenvalue weighted by Crippen LogP contribution is -2.30. The highest BCUT2D eigenvalue weighted by molar-refractivity contribution is 5.79. The maximum absolute atomic E-state index is 8.35. The maximum Gasteiger partial charge on any atom is 0.271 e. The standard InChI is InChI=1S/C6H11N3/c1-9-4-2-6(8-7)3-5-9/h2-5H2,1H3. The Labute approximate surface area is 54.9 Å². The van der Waals surface area contributed by atoms with Crippen molar-refractivity contribution in [3.63, 3.8) is 0 Å². The smallest absolute Gasteiger partial charge is 0.271 e. The third kappa shape index (κ3) is 1.63. The van der Waals surface area contributed by atoms with Crippen LogP contribution in [0.4, 0.5) is 0 Å². The summed E-state index contributed by atoms with van der Waals surface area (Å²) >= 11 is 0. The Bertz CT molecular complexity index is 136. The van der Waals surface area contributed by atoms with Crippen LogP contribution in [-0.4, -0.2) is 35.5 Å². The third-order valence-electron chi connectivity index (χ3n) is 1.71. The number of hydrogen-bond acceptors (Lipinski definition) is 1. The van der Waals surface area contributed by atoms with E-state index in [4.69, 9.17) is 5.53 Å².